The number of aryl methyl sites for hydroxylation is 1. The molecule has 1 heterocycles. The van der Waals surface area contributed by atoms with Gasteiger partial charge in [0.1, 0.15) is 11.5 Å². The molecular weight excluding hydrogens is 333 g/mol. The van der Waals surface area contributed by atoms with Gasteiger partial charge < -0.3 is 9.15 Å². The van der Waals surface area contributed by atoms with Gasteiger partial charge in [0.15, 0.2) is 11.7 Å². The first-order chi connectivity index (χ1) is 12.7. The standard InChI is InChI=1S/C21H20FNO3/c1-25-19(24)10-6-5-9-18-23-20(15-7-3-2-4-8-15)21(26-18)16-11-13-17(22)14-12-16/h2-4,7-8,11-14H,5-6,9-10H2,1H3. The van der Waals surface area contributed by atoms with Crippen LogP contribution < -0.4 is 0 Å². The summed E-state index contributed by atoms with van der Waals surface area (Å²) < 4.78 is 23.9. The van der Waals surface area contributed by atoms with E-state index in [1.807, 2.05) is 30.3 Å². The van der Waals surface area contributed by atoms with Crippen LogP contribution in [0.5, 0.6) is 0 Å². The molecular formula is C21H20FNO3. The minimum atomic E-state index is -0.294. The first-order valence-electron chi connectivity index (χ1n) is 8.55. The first-order valence-corrected chi connectivity index (χ1v) is 8.55. The maximum atomic E-state index is 13.2. The lowest BCUT2D eigenvalue weighted by Crippen LogP contribution is -1.99. The predicted molar refractivity (Wildman–Crippen MR) is 96.9 cm³/mol. The highest BCUT2D eigenvalue weighted by atomic mass is 19.1. The number of hydrogen-bond acceptors (Lipinski definition) is 4. The van der Waals surface area contributed by atoms with Crippen LogP contribution in [0.2, 0.25) is 0 Å². The summed E-state index contributed by atoms with van der Waals surface area (Å²) in [6.07, 6.45) is 2.49. The van der Waals surface area contributed by atoms with Crippen LogP contribution >= 0.6 is 0 Å². The highest BCUT2D eigenvalue weighted by Crippen LogP contribution is 2.33. The number of rotatable bonds is 7. The minimum Gasteiger partial charge on any atom is -0.469 e. The fourth-order valence-electron chi connectivity index (χ4n) is 2.71. The topological polar surface area (TPSA) is 52.3 Å². The van der Waals surface area contributed by atoms with Gasteiger partial charge in [0.2, 0.25) is 0 Å². The predicted octanol–water partition coefficient (Wildman–Crippen LogP) is 5.03. The molecule has 3 aromatic rings. The molecule has 2 aromatic carbocycles. The fraction of sp³-hybridized carbons (Fsp3) is 0.238. The molecule has 0 bridgehead atoms. The van der Waals surface area contributed by atoms with Gasteiger partial charge in [0, 0.05) is 24.0 Å². The Kier molecular flexibility index (Phi) is 5.79. The molecule has 0 fully saturated rings. The average molecular weight is 353 g/mol. The summed E-state index contributed by atoms with van der Waals surface area (Å²) in [4.78, 5) is 15.8. The lowest BCUT2D eigenvalue weighted by Gasteiger charge is -2.01. The van der Waals surface area contributed by atoms with Gasteiger partial charge in [-0.05, 0) is 37.1 Å². The van der Waals surface area contributed by atoms with E-state index in [4.69, 9.17) is 4.42 Å². The highest BCUT2D eigenvalue weighted by molar-refractivity contribution is 5.76. The molecule has 4 nitrogen and oxygen atoms in total. The van der Waals surface area contributed by atoms with Gasteiger partial charge in [0.05, 0.1) is 7.11 Å². The van der Waals surface area contributed by atoms with Gasteiger partial charge in [-0.15, -0.1) is 0 Å². The summed E-state index contributed by atoms with van der Waals surface area (Å²) in [5, 5.41) is 0. The molecule has 0 spiro atoms. The van der Waals surface area contributed by atoms with Crippen molar-refractivity contribution in [1.29, 1.82) is 0 Å². The Morgan fingerprint density at radius 2 is 1.77 bits per heavy atom. The molecule has 26 heavy (non-hydrogen) atoms. The second-order valence-corrected chi connectivity index (χ2v) is 5.94. The second kappa shape index (κ2) is 8.43. The van der Waals surface area contributed by atoms with E-state index in [9.17, 15) is 9.18 Å². The quantitative estimate of drug-likeness (QED) is 0.441. The van der Waals surface area contributed by atoms with Crippen LogP contribution in [-0.4, -0.2) is 18.1 Å². The zero-order valence-electron chi connectivity index (χ0n) is 14.6. The normalized spacial score (nSPS) is 10.7. The van der Waals surface area contributed by atoms with Crippen LogP contribution in [0, 0.1) is 5.82 Å². The summed E-state index contributed by atoms with van der Waals surface area (Å²) >= 11 is 0. The van der Waals surface area contributed by atoms with Crippen LogP contribution in [0.1, 0.15) is 25.2 Å². The van der Waals surface area contributed by atoms with Gasteiger partial charge in [-0.3, -0.25) is 4.79 Å². The van der Waals surface area contributed by atoms with Crippen molar-refractivity contribution in [2.45, 2.75) is 25.7 Å². The lowest BCUT2D eigenvalue weighted by molar-refractivity contribution is -0.140. The van der Waals surface area contributed by atoms with Crippen molar-refractivity contribution in [3.8, 4) is 22.6 Å². The van der Waals surface area contributed by atoms with Crippen molar-refractivity contribution in [2.24, 2.45) is 0 Å². The monoisotopic (exact) mass is 353 g/mol. The number of halogens is 1. The fourth-order valence-corrected chi connectivity index (χ4v) is 2.71. The lowest BCUT2D eigenvalue weighted by atomic mass is 10.1. The van der Waals surface area contributed by atoms with E-state index in [2.05, 4.69) is 9.72 Å². The minimum absolute atomic E-state index is 0.214. The Morgan fingerprint density at radius 3 is 2.46 bits per heavy atom. The van der Waals surface area contributed by atoms with E-state index < -0.39 is 0 Å². The van der Waals surface area contributed by atoms with Crippen LogP contribution in [0.25, 0.3) is 22.6 Å². The third-order valence-corrected chi connectivity index (χ3v) is 4.07. The molecule has 0 radical (unpaired) electrons. The van der Waals surface area contributed by atoms with E-state index in [1.165, 1.54) is 19.2 Å². The maximum absolute atomic E-state index is 13.2. The van der Waals surface area contributed by atoms with Crippen molar-refractivity contribution in [3.05, 3.63) is 66.3 Å². The molecule has 0 amide bonds. The average Bonchev–Trinajstić information content (AvgIpc) is 3.10. The number of benzene rings is 2. The number of methoxy groups -OCH3 is 1. The number of unbranched alkanes of at least 4 members (excludes halogenated alkanes) is 1. The number of aromatic nitrogens is 1. The van der Waals surface area contributed by atoms with Gasteiger partial charge in [-0.2, -0.15) is 0 Å². The molecule has 0 saturated heterocycles. The van der Waals surface area contributed by atoms with Crippen molar-refractivity contribution >= 4 is 5.97 Å². The Bertz CT molecular complexity index is 857. The molecule has 5 heteroatoms. The molecule has 0 aliphatic rings. The van der Waals surface area contributed by atoms with E-state index in [0.29, 0.717) is 30.9 Å². The first kappa shape index (κ1) is 17.9. The van der Waals surface area contributed by atoms with E-state index >= 15 is 0 Å². The second-order valence-electron chi connectivity index (χ2n) is 5.94. The third-order valence-electron chi connectivity index (χ3n) is 4.07. The molecule has 0 saturated carbocycles. The molecule has 0 N–H and O–H groups in total. The number of hydrogen-bond donors (Lipinski definition) is 0. The number of carbonyl (C=O) groups is 1. The number of ether oxygens (including phenoxy) is 1. The Labute approximate surface area is 151 Å². The molecule has 0 unspecified atom stereocenters. The number of carbonyl (C=O) groups excluding carboxylic acids is 1. The van der Waals surface area contributed by atoms with Crippen LogP contribution in [-0.2, 0) is 16.0 Å². The van der Waals surface area contributed by atoms with E-state index in [-0.39, 0.29) is 11.8 Å². The van der Waals surface area contributed by atoms with E-state index in [1.54, 1.807) is 12.1 Å². The maximum Gasteiger partial charge on any atom is 0.305 e. The summed E-state index contributed by atoms with van der Waals surface area (Å²) in [5.74, 6) is 0.721. The number of nitrogens with zero attached hydrogens (tertiary/aromatic N) is 1. The molecule has 0 aliphatic heterocycles. The Balaban J connectivity index is 1.83. The van der Waals surface area contributed by atoms with E-state index in [0.717, 1.165) is 23.2 Å². The van der Waals surface area contributed by atoms with Gasteiger partial charge in [-0.25, -0.2) is 9.37 Å². The van der Waals surface area contributed by atoms with Crippen molar-refractivity contribution in [1.82, 2.24) is 4.98 Å². The summed E-state index contributed by atoms with van der Waals surface area (Å²) in [6.45, 7) is 0. The van der Waals surface area contributed by atoms with Crippen LogP contribution in [0.4, 0.5) is 4.39 Å². The summed E-state index contributed by atoms with van der Waals surface area (Å²) in [6, 6.07) is 15.9. The smallest absolute Gasteiger partial charge is 0.305 e. The molecule has 1 aromatic heterocycles. The molecule has 0 aliphatic carbocycles. The largest absolute Gasteiger partial charge is 0.469 e. The number of oxazole rings is 1. The Morgan fingerprint density at radius 1 is 1.04 bits per heavy atom. The van der Waals surface area contributed by atoms with Crippen molar-refractivity contribution < 1.29 is 18.3 Å². The zero-order chi connectivity index (χ0) is 18.4. The Hall–Kier alpha value is -2.95. The summed E-state index contributed by atoms with van der Waals surface area (Å²) in [5.41, 5.74) is 2.45. The van der Waals surface area contributed by atoms with Crippen molar-refractivity contribution in [3.63, 3.8) is 0 Å². The van der Waals surface area contributed by atoms with Gasteiger partial charge in [-0.1, -0.05) is 30.3 Å². The highest BCUT2D eigenvalue weighted by Gasteiger charge is 2.17. The van der Waals surface area contributed by atoms with Gasteiger partial charge in [0.25, 0.3) is 0 Å². The van der Waals surface area contributed by atoms with Crippen LogP contribution in [0.15, 0.2) is 59.0 Å². The molecule has 134 valence electrons. The van der Waals surface area contributed by atoms with Crippen molar-refractivity contribution in [2.75, 3.05) is 7.11 Å². The SMILES string of the molecule is COC(=O)CCCCc1nc(-c2ccccc2)c(-c2ccc(F)cc2)o1. The van der Waals surface area contributed by atoms with Gasteiger partial charge >= 0.3 is 5.97 Å². The third kappa shape index (κ3) is 4.36. The van der Waals surface area contributed by atoms with Crippen LogP contribution in [0.3, 0.4) is 0 Å². The number of esters is 1. The zero-order valence-corrected chi connectivity index (χ0v) is 14.6. The molecule has 0 atom stereocenters. The summed E-state index contributed by atoms with van der Waals surface area (Å²) in [7, 11) is 1.39. The molecule has 3 rings (SSSR count).